The van der Waals surface area contributed by atoms with Crippen molar-refractivity contribution in [1.82, 2.24) is 0 Å². The van der Waals surface area contributed by atoms with Crippen LogP contribution in [-0.4, -0.2) is 23.3 Å². The number of hydrogen-bond donors (Lipinski definition) is 1. The maximum atomic E-state index is 10.8. The number of ether oxygens (including phenoxy) is 1. The van der Waals surface area contributed by atoms with E-state index in [9.17, 15) is 9.90 Å². The van der Waals surface area contributed by atoms with E-state index in [0.29, 0.717) is 6.42 Å². The van der Waals surface area contributed by atoms with Crippen LogP contribution in [0.1, 0.15) is 25.7 Å². The Balaban J connectivity index is 2.09. The molecule has 3 atom stereocenters. The number of carbonyl (C=O) groups is 1. The van der Waals surface area contributed by atoms with Crippen molar-refractivity contribution in [3.8, 4) is 0 Å². The Morgan fingerprint density at radius 1 is 1.45 bits per heavy atom. The van der Waals surface area contributed by atoms with Gasteiger partial charge in [0.1, 0.15) is 6.10 Å². The van der Waals surface area contributed by atoms with Gasteiger partial charge in [-0.25, -0.2) is 0 Å². The van der Waals surface area contributed by atoms with Gasteiger partial charge in [-0.1, -0.05) is 0 Å². The van der Waals surface area contributed by atoms with Gasteiger partial charge < -0.3 is 9.84 Å². The van der Waals surface area contributed by atoms with E-state index in [-0.39, 0.29) is 24.1 Å². The Morgan fingerprint density at radius 3 is 3.00 bits per heavy atom. The molecule has 1 heterocycles. The molecule has 2 fully saturated rings. The van der Waals surface area contributed by atoms with Crippen molar-refractivity contribution in [2.45, 2.75) is 37.9 Å². The smallest absolute Gasteiger partial charge is 0.306 e. The molecule has 0 amide bonds. The predicted octanol–water partition coefficient (Wildman–Crippen LogP) is 0.463. The third kappa shape index (κ3) is 1.13. The number of aliphatic hydroxyl groups is 1. The minimum atomic E-state index is -0.305. The summed E-state index contributed by atoms with van der Waals surface area (Å²) in [5.41, 5.74) is 0. The predicted molar refractivity (Wildman–Crippen MR) is 37.8 cm³/mol. The first-order valence-corrected chi connectivity index (χ1v) is 4.15. The molecule has 1 saturated carbocycles. The van der Waals surface area contributed by atoms with E-state index in [1.807, 2.05) is 0 Å². The van der Waals surface area contributed by atoms with Gasteiger partial charge >= 0.3 is 5.97 Å². The first-order chi connectivity index (χ1) is 5.27. The Bertz CT molecular complexity index is 178. The van der Waals surface area contributed by atoms with Crippen LogP contribution in [0.2, 0.25) is 0 Å². The highest BCUT2D eigenvalue weighted by Gasteiger charge is 2.41. The summed E-state index contributed by atoms with van der Waals surface area (Å²) in [6.07, 6.45) is 2.89. The van der Waals surface area contributed by atoms with Gasteiger partial charge in [-0.2, -0.15) is 0 Å². The molecule has 0 radical (unpaired) electrons. The highest BCUT2D eigenvalue weighted by Crippen LogP contribution is 2.34. The lowest BCUT2D eigenvalue weighted by Crippen LogP contribution is -2.32. The van der Waals surface area contributed by atoms with Crippen LogP contribution in [0.15, 0.2) is 0 Å². The molecule has 1 aliphatic heterocycles. The highest BCUT2D eigenvalue weighted by atomic mass is 16.6. The van der Waals surface area contributed by atoms with Crippen LogP contribution in [0.5, 0.6) is 0 Å². The Kier molecular flexibility index (Phi) is 1.60. The van der Waals surface area contributed by atoms with Crippen LogP contribution >= 0.6 is 0 Å². The van der Waals surface area contributed by atoms with Crippen molar-refractivity contribution in [3.63, 3.8) is 0 Å². The zero-order valence-corrected chi connectivity index (χ0v) is 6.32. The van der Waals surface area contributed by atoms with Gasteiger partial charge in [0.15, 0.2) is 0 Å². The molecular weight excluding hydrogens is 144 g/mol. The number of fused-ring (bicyclic) bond motifs is 1. The van der Waals surface area contributed by atoms with E-state index in [0.717, 1.165) is 19.3 Å². The first-order valence-electron chi connectivity index (χ1n) is 4.15. The van der Waals surface area contributed by atoms with Crippen molar-refractivity contribution in [2.24, 2.45) is 5.92 Å². The molecule has 1 saturated heterocycles. The van der Waals surface area contributed by atoms with Gasteiger partial charge in [0.25, 0.3) is 0 Å². The summed E-state index contributed by atoms with van der Waals surface area (Å²) in [6, 6.07) is 0. The number of aliphatic hydroxyl groups excluding tert-OH is 1. The minimum Gasteiger partial charge on any atom is -0.462 e. The second-order valence-corrected chi connectivity index (χ2v) is 3.39. The number of carbonyl (C=O) groups excluding carboxylic acids is 1. The average molecular weight is 156 g/mol. The van der Waals surface area contributed by atoms with Crippen molar-refractivity contribution in [2.75, 3.05) is 0 Å². The molecule has 3 nitrogen and oxygen atoms in total. The van der Waals surface area contributed by atoms with Crippen LogP contribution < -0.4 is 0 Å². The van der Waals surface area contributed by atoms with E-state index < -0.39 is 0 Å². The van der Waals surface area contributed by atoms with E-state index in [2.05, 4.69) is 0 Å². The maximum absolute atomic E-state index is 10.8. The molecular formula is C8H12O3. The second kappa shape index (κ2) is 2.48. The van der Waals surface area contributed by atoms with Crippen molar-refractivity contribution < 1.29 is 14.6 Å². The average Bonchev–Trinajstić information content (AvgIpc) is 2.31. The topological polar surface area (TPSA) is 46.5 Å². The van der Waals surface area contributed by atoms with E-state index in [1.54, 1.807) is 0 Å². The molecule has 0 aromatic carbocycles. The molecule has 0 aromatic heterocycles. The van der Waals surface area contributed by atoms with Gasteiger partial charge in [-0.05, 0) is 19.3 Å². The molecule has 3 unspecified atom stereocenters. The van der Waals surface area contributed by atoms with Gasteiger partial charge in [0.05, 0.1) is 12.5 Å². The molecule has 1 aliphatic carbocycles. The largest absolute Gasteiger partial charge is 0.462 e. The summed E-state index contributed by atoms with van der Waals surface area (Å²) in [6.45, 7) is 0. The normalized spacial score (nSPS) is 43.4. The van der Waals surface area contributed by atoms with Crippen LogP contribution in [-0.2, 0) is 9.53 Å². The van der Waals surface area contributed by atoms with E-state index >= 15 is 0 Å². The van der Waals surface area contributed by atoms with Gasteiger partial charge in [-0.3, -0.25) is 4.79 Å². The monoisotopic (exact) mass is 156 g/mol. The van der Waals surface area contributed by atoms with E-state index in [1.165, 1.54) is 0 Å². The fourth-order valence-electron chi connectivity index (χ4n) is 2.03. The Hall–Kier alpha value is -0.570. The van der Waals surface area contributed by atoms with Gasteiger partial charge in [-0.15, -0.1) is 0 Å². The van der Waals surface area contributed by atoms with Crippen molar-refractivity contribution in [3.05, 3.63) is 0 Å². The summed E-state index contributed by atoms with van der Waals surface area (Å²) in [5.74, 6) is -0.0443. The van der Waals surface area contributed by atoms with E-state index in [4.69, 9.17) is 4.74 Å². The third-order valence-electron chi connectivity index (χ3n) is 2.65. The minimum absolute atomic E-state index is 0.0197. The zero-order valence-electron chi connectivity index (χ0n) is 6.32. The van der Waals surface area contributed by atoms with Crippen LogP contribution in [0, 0.1) is 5.92 Å². The molecule has 2 rings (SSSR count). The van der Waals surface area contributed by atoms with Gasteiger partial charge in [0.2, 0.25) is 0 Å². The maximum Gasteiger partial charge on any atom is 0.306 e. The molecule has 0 bridgehead atoms. The van der Waals surface area contributed by atoms with Crippen LogP contribution in [0.4, 0.5) is 0 Å². The molecule has 0 aromatic rings. The molecule has 11 heavy (non-hydrogen) atoms. The molecule has 2 aliphatic rings. The summed E-state index contributed by atoms with van der Waals surface area (Å²) in [4.78, 5) is 10.8. The quantitative estimate of drug-likeness (QED) is 0.518. The van der Waals surface area contributed by atoms with Crippen LogP contribution in [0.25, 0.3) is 0 Å². The molecule has 1 N–H and O–H groups in total. The highest BCUT2D eigenvalue weighted by molar-refractivity contribution is 5.72. The van der Waals surface area contributed by atoms with Gasteiger partial charge in [0, 0.05) is 5.92 Å². The fraction of sp³-hybridized carbons (Fsp3) is 0.875. The Labute approximate surface area is 65.4 Å². The lowest BCUT2D eigenvalue weighted by molar-refractivity contribution is -0.142. The summed E-state index contributed by atoms with van der Waals surface area (Å²) in [5, 5.41) is 9.46. The summed E-state index contributed by atoms with van der Waals surface area (Å²) < 4.78 is 5.04. The standard InChI is InChI=1S/C8H12O3/c9-6-2-1-3-7-5(6)4-8(10)11-7/h5-7,9H,1-4H2. The number of hydrogen-bond acceptors (Lipinski definition) is 3. The summed E-state index contributed by atoms with van der Waals surface area (Å²) in [7, 11) is 0. The Morgan fingerprint density at radius 2 is 2.27 bits per heavy atom. The zero-order chi connectivity index (χ0) is 7.84. The number of rotatable bonds is 0. The second-order valence-electron chi connectivity index (χ2n) is 3.39. The SMILES string of the molecule is O=C1CC2C(O)CCCC2O1. The summed E-state index contributed by atoms with van der Waals surface area (Å²) >= 11 is 0. The lowest BCUT2D eigenvalue weighted by Gasteiger charge is -2.27. The third-order valence-corrected chi connectivity index (χ3v) is 2.65. The van der Waals surface area contributed by atoms with Crippen LogP contribution in [0.3, 0.4) is 0 Å². The first kappa shape index (κ1) is 7.10. The molecule has 0 spiro atoms. The number of esters is 1. The lowest BCUT2D eigenvalue weighted by atomic mass is 9.84. The molecule has 62 valence electrons. The van der Waals surface area contributed by atoms with Crippen molar-refractivity contribution in [1.29, 1.82) is 0 Å². The van der Waals surface area contributed by atoms with Crippen molar-refractivity contribution >= 4 is 5.97 Å². The molecule has 3 heteroatoms. The fourth-order valence-corrected chi connectivity index (χ4v) is 2.03.